The fourth-order valence-corrected chi connectivity index (χ4v) is 3.52. The smallest absolute Gasteiger partial charge is 0.430 e. The van der Waals surface area contributed by atoms with Gasteiger partial charge in [0.1, 0.15) is 6.61 Å². The second-order valence-corrected chi connectivity index (χ2v) is 6.48. The highest BCUT2D eigenvalue weighted by molar-refractivity contribution is 5.85. The van der Waals surface area contributed by atoms with Crippen LogP contribution in [-0.2, 0) is 29.1 Å². The van der Waals surface area contributed by atoms with E-state index in [1.54, 1.807) is 0 Å². The van der Waals surface area contributed by atoms with Gasteiger partial charge >= 0.3 is 6.16 Å². The van der Waals surface area contributed by atoms with Gasteiger partial charge in [-0.2, -0.15) is 5.10 Å². The van der Waals surface area contributed by atoms with Crippen molar-refractivity contribution in [2.45, 2.75) is 44.5 Å². The molecule has 0 radical (unpaired) electrons. The molecule has 0 aliphatic carbocycles. The third-order valence-electron chi connectivity index (χ3n) is 4.85. The van der Waals surface area contributed by atoms with E-state index in [1.807, 2.05) is 0 Å². The van der Waals surface area contributed by atoms with E-state index in [4.69, 9.17) is 14.6 Å². The number of carbonyl (C=O) groups excluding carboxylic acids is 1. The van der Waals surface area contributed by atoms with Crippen LogP contribution >= 0.6 is 24.8 Å². The lowest BCUT2D eigenvalue weighted by molar-refractivity contribution is -0.00194. The average molecular weight is 379 g/mol. The molecule has 1 spiro atoms. The summed E-state index contributed by atoms with van der Waals surface area (Å²) in [6.45, 7) is 6.07. The molecule has 2 fully saturated rings. The van der Waals surface area contributed by atoms with Gasteiger partial charge in [0.05, 0.1) is 11.4 Å². The van der Waals surface area contributed by atoms with Gasteiger partial charge in [-0.25, -0.2) is 4.79 Å². The van der Waals surface area contributed by atoms with Crippen LogP contribution in [0.5, 0.6) is 0 Å². The Hall–Kier alpha value is -1.02. The summed E-state index contributed by atoms with van der Waals surface area (Å²) >= 11 is 0. The van der Waals surface area contributed by atoms with E-state index in [-0.39, 0.29) is 30.4 Å². The summed E-state index contributed by atoms with van der Waals surface area (Å²) in [5, 5.41) is 8.15. The van der Waals surface area contributed by atoms with Crippen LogP contribution in [0, 0.1) is 0 Å². The molecule has 4 heterocycles. The Labute approximate surface area is 153 Å². The summed E-state index contributed by atoms with van der Waals surface area (Å²) in [6.07, 6.45) is 2.30. The molecule has 0 bridgehead atoms. The van der Waals surface area contributed by atoms with Crippen LogP contribution in [0.2, 0.25) is 0 Å². The lowest BCUT2D eigenvalue weighted by atomic mass is 9.92. The number of nitrogens with zero attached hydrogens (tertiary/aromatic N) is 3. The van der Waals surface area contributed by atoms with Crippen LogP contribution in [-0.4, -0.2) is 52.7 Å². The molecule has 3 aliphatic rings. The van der Waals surface area contributed by atoms with Crippen LogP contribution in [0.15, 0.2) is 6.07 Å². The SMILES string of the molecule is Cl.Cl.O=C1OCC2(CCN(Cc3cc4n(n3)CCCNC4)CC2)O1. The van der Waals surface area contributed by atoms with E-state index in [0.717, 1.165) is 64.2 Å². The topological polar surface area (TPSA) is 68.6 Å². The Morgan fingerprint density at radius 1 is 1.25 bits per heavy atom. The van der Waals surface area contributed by atoms with Gasteiger partial charge in [-0.05, 0) is 19.0 Å². The summed E-state index contributed by atoms with van der Waals surface area (Å²) in [6, 6.07) is 2.21. The molecule has 0 saturated carbocycles. The zero-order valence-electron chi connectivity index (χ0n) is 13.5. The molecule has 7 nitrogen and oxygen atoms in total. The van der Waals surface area contributed by atoms with E-state index >= 15 is 0 Å². The van der Waals surface area contributed by atoms with E-state index in [9.17, 15) is 4.79 Å². The minimum Gasteiger partial charge on any atom is -0.430 e. The number of carbonyl (C=O) groups is 1. The van der Waals surface area contributed by atoms with Gasteiger partial charge in [0.15, 0.2) is 5.60 Å². The second-order valence-electron chi connectivity index (χ2n) is 6.48. The molecule has 2 saturated heterocycles. The summed E-state index contributed by atoms with van der Waals surface area (Å²) < 4.78 is 12.4. The molecule has 1 N–H and O–H groups in total. The maximum Gasteiger partial charge on any atom is 0.509 e. The number of ether oxygens (including phenoxy) is 2. The van der Waals surface area contributed by atoms with E-state index < -0.39 is 6.16 Å². The van der Waals surface area contributed by atoms with Gasteiger partial charge in [-0.15, -0.1) is 24.8 Å². The summed E-state index contributed by atoms with van der Waals surface area (Å²) in [7, 11) is 0. The van der Waals surface area contributed by atoms with Crippen molar-refractivity contribution in [1.82, 2.24) is 20.0 Å². The zero-order chi connectivity index (χ0) is 15.0. The maximum atomic E-state index is 11.2. The number of aryl methyl sites for hydroxylation is 1. The van der Waals surface area contributed by atoms with Crippen molar-refractivity contribution in [3.05, 3.63) is 17.5 Å². The molecule has 24 heavy (non-hydrogen) atoms. The van der Waals surface area contributed by atoms with Crippen LogP contribution in [0.3, 0.4) is 0 Å². The number of cyclic esters (lactones) is 1. The van der Waals surface area contributed by atoms with E-state index in [0.29, 0.717) is 6.61 Å². The number of hydrogen-bond donors (Lipinski definition) is 1. The normalized spacial score (nSPS) is 22.6. The maximum absolute atomic E-state index is 11.2. The first-order valence-corrected chi connectivity index (χ1v) is 8.07. The van der Waals surface area contributed by atoms with Gasteiger partial charge in [0.2, 0.25) is 0 Å². The second kappa shape index (κ2) is 7.91. The Kier molecular flexibility index (Phi) is 6.36. The minimum atomic E-state index is -0.515. The van der Waals surface area contributed by atoms with Crippen LogP contribution < -0.4 is 5.32 Å². The van der Waals surface area contributed by atoms with Gasteiger partial charge in [0, 0.05) is 45.6 Å². The molecule has 0 atom stereocenters. The summed E-state index contributed by atoms with van der Waals surface area (Å²) in [5.41, 5.74) is 2.04. The van der Waals surface area contributed by atoms with Crippen LogP contribution in [0.4, 0.5) is 4.79 Å². The molecule has 136 valence electrons. The van der Waals surface area contributed by atoms with Crippen molar-refractivity contribution in [2.24, 2.45) is 0 Å². The zero-order valence-corrected chi connectivity index (χ0v) is 15.2. The number of likely N-dealkylation sites (tertiary alicyclic amines) is 1. The number of rotatable bonds is 2. The third kappa shape index (κ3) is 3.96. The minimum absolute atomic E-state index is 0. The van der Waals surface area contributed by atoms with Crippen molar-refractivity contribution < 1.29 is 14.3 Å². The molecule has 0 amide bonds. The average Bonchev–Trinajstić information content (AvgIpc) is 2.99. The first-order chi connectivity index (χ1) is 10.7. The van der Waals surface area contributed by atoms with Gasteiger partial charge in [-0.3, -0.25) is 9.58 Å². The number of piperidine rings is 1. The van der Waals surface area contributed by atoms with Gasteiger partial charge in [0.25, 0.3) is 0 Å². The number of hydrogen-bond acceptors (Lipinski definition) is 6. The van der Waals surface area contributed by atoms with Crippen molar-refractivity contribution in [1.29, 1.82) is 0 Å². The highest BCUT2D eigenvalue weighted by Crippen LogP contribution is 2.32. The lowest BCUT2D eigenvalue weighted by Gasteiger charge is -2.35. The fraction of sp³-hybridized carbons (Fsp3) is 0.733. The number of aromatic nitrogens is 2. The quantitative estimate of drug-likeness (QED) is 0.790. The molecule has 0 aromatic carbocycles. The van der Waals surface area contributed by atoms with Crippen LogP contribution in [0.25, 0.3) is 0 Å². The Morgan fingerprint density at radius 2 is 2.04 bits per heavy atom. The number of halogens is 2. The Balaban J connectivity index is 0.00000104. The molecule has 1 aromatic rings. The molecule has 9 heteroatoms. The lowest BCUT2D eigenvalue weighted by Crippen LogP contribution is -2.45. The van der Waals surface area contributed by atoms with E-state index in [2.05, 4.69) is 21.0 Å². The monoisotopic (exact) mass is 378 g/mol. The molecule has 1 aromatic heterocycles. The van der Waals surface area contributed by atoms with E-state index in [1.165, 1.54) is 5.69 Å². The Morgan fingerprint density at radius 3 is 2.75 bits per heavy atom. The number of nitrogens with one attached hydrogen (secondary N) is 1. The van der Waals surface area contributed by atoms with Crippen molar-refractivity contribution in [2.75, 3.05) is 26.2 Å². The molecule has 4 rings (SSSR count). The molecule has 3 aliphatic heterocycles. The first kappa shape index (κ1) is 19.3. The largest absolute Gasteiger partial charge is 0.509 e. The molecule has 0 unspecified atom stereocenters. The van der Waals surface area contributed by atoms with Crippen molar-refractivity contribution in [3.8, 4) is 0 Å². The van der Waals surface area contributed by atoms with Crippen molar-refractivity contribution >= 4 is 31.0 Å². The first-order valence-electron chi connectivity index (χ1n) is 8.07. The van der Waals surface area contributed by atoms with Crippen LogP contribution in [0.1, 0.15) is 30.7 Å². The fourth-order valence-electron chi connectivity index (χ4n) is 3.52. The standard InChI is InChI=1S/C15H22N4O3.2ClH/c20-14-21-11-15(22-14)2-6-18(7-3-15)10-12-8-13-9-16-4-1-5-19(13)17-12;;/h8,16H,1-7,9-11H2;2*1H. The predicted octanol–water partition coefficient (Wildman–Crippen LogP) is 1.72. The molecular formula is C15H24Cl2N4O3. The summed E-state index contributed by atoms with van der Waals surface area (Å²) in [4.78, 5) is 13.5. The highest BCUT2D eigenvalue weighted by atomic mass is 35.5. The molecular weight excluding hydrogens is 355 g/mol. The van der Waals surface area contributed by atoms with Gasteiger partial charge in [-0.1, -0.05) is 0 Å². The van der Waals surface area contributed by atoms with Crippen molar-refractivity contribution in [3.63, 3.8) is 0 Å². The van der Waals surface area contributed by atoms with Gasteiger partial charge < -0.3 is 14.8 Å². The third-order valence-corrected chi connectivity index (χ3v) is 4.85. The summed E-state index contributed by atoms with van der Waals surface area (Å²) in [5.74, 6) is 0. The Bertz CT molecular complexity index is 550. The number of fused-ring (bicyclic) bond motifs is 1. The highest BCUT2D eigenvalue weighted by Gasteiger charge is 2.44. The predicted molar refractivity (Wildman–Crippen MR) is 92.7 cm³/mol.